The molecule has 0 fully saturated rings. The van der Waals surface area contributed by atoms with E-state index in [-0.39, 0.29) is 23.1 Å². The van der Waals surface area contributed by atoms with E-state index in [1.165, 1.54) is 17.0 Å². The molecule has 1 atom stereocenters. The standard InChI is InChI=1S/C23H17N3O2/c24-12-14-11-15(23(28)18-6-2-4-8-20(18)27)13-26-10-9-17-16-5-1-3-7-19(16)25-21(17)22(14)26/h1-8,11,13,22,25,27H,9-10H2. The van der Waals surface area contributed by atoms with Crippen LogP contribution in [0, 0.1) is 11.3 Å². The highest BCUT2D eigenvalue weighted by atomic mass is 16.3. The Labute approximate surface area is 161 Å². The summed E-state index contributed by atoms with van der Waals surface area (Å²) in [7, 11) is 0. The number of benzene rings is 2. The van der Waals surface area contributed by atoms with Crippen molar-refractivity contribution in [2.45, 2.75) is 12.5 Å². The van der Waals surface area contributed by atoms with Crippen LogP contribution in [0.15, 0.2) is 72.0 Å². The molecule has 0 amide bonds. The first kappa shape index (κ1) is 16.4. The lowest BCUT2D eigenvalue weighted by Gasteiger charge is -2.37. The third kappa shape index (κ3) is 2.35. The number of aromatic amines is 1. The molecule has 2 aromatic carbocycles. The molecule has 0 bridgehead atoms. The lowest BCUT2D eigenvalue weighted by Crippen LogP contribution is -2.35. The molecule has 5 nitrogen and oxygen atoms in total. The van der Waals surface area contributed by atoms with Gasteiger partial charge in [0.05, 0.1) is 17.2 Å². The molecule has 0 aliphatic carbocycles. The van der Waals surface area contributed by atoms with Crippen molar-refractivity contribution in [2.24, 2.45) is 0 Å². The maximum absolute atomic E-state index is 12.9. The van der Waals surface area contributed by atoms with Crippen molar-refractivity contribution in [3.8, 4) is 11.8 Å². The molecule has 2 aliphatic heterocycles. The van der Waals surface area contributed by atoms with Crippen LogP contribution in [0.3, 0.4) is 0 Å². The van der Waals surface area contributed by atoms with Crippen molar-refractivity contribution in [3.63, 3.8) is 0 Å². The van der Waals surface area contributed by atoms with Crippen LogP contribution in [0.25, 0.3) is 10.9 Å². The van der Waals surface area contributed by atoms with Crippen molar-refractivity contribution < 1.29 is 9.90 Å². The number of carbonyl (C=O) groups excluding carboxylic acids is 1. The highest BCUT2D eigenvalue weighted by Crippen LogP contribution is 2.41. The number of hydrogen-bond acceptors (Lipinski definition) is 4. The van der Waals surface area contributed by atoms with Gasteiger partial charge in [-0.25, -0.2) is 0 Å². The Bertz CT molecular complexity index is 1230. The Kier molecular flexibility index (Phi) is 3.59. The van der Waals surface area contributed by atoms with E-state index < -0.39 is 0 Å². The molecule has 0 saturated carbocycles. The largest absolute Gasteiger partial charge is 0.507 e. The minimum Gasteiger partial charge on any atom is -0.507 e. The molecule has 3 heterocycles. The number of nitrogens with one attached hydrogen (secondary N) is 1. The number of nitriles is 1. The van der Waals surface area contributed by atoms with Crippen LogP contribution in [-0.2, 0) is 6.42 Å². The lowest BCUT2D eigenvalue weighted by atomic mass is 9.88. The molecule has 136 valence electrons. The minimum atomic E-state index is -0.285. The van der Waals surface area contributed by atoms with E-state index in [1.807, 2.05) is 29.3 Å². The quantitative estimate of drug-likeness (QED) is 0.671. The predicted molar refractivity (Wildman–Crippen MR) is 106 cm³/mol. The topological polar surface area (TPSA) is 80.1 Å². The summed E-state index contributed by atoms with van der Waals surface area (Å²) in [6.07, 6.45) is 4.30. The number of ketones is 1. The smallest absolute Gasteiger partial charge is 0.198 e. The van der Waals surface area contributed by atoms with Gasteiger partial charge in [0.1, 0.15) is 11.8 Å². The first-order valence-electron chi connectivity index (χ1n) is 9.19. The molecule has 0 saturated heterocycles. The van der Waals surface area contributed by atoms with Crippen LogP contribution in [0.1, 0.15) is 27.7 Å². The molecule has 1 unspecified atom stereocenters. The van der Waals surface area contributed by atoms with Gasteiger partial charge >= 0.3 is 0 Å². The Morgan fingerprint density at radius 1 is 1.18 bits per heavy atom. The van der Waals surface area contributed by atoms with Gasteiger partial charge in [-0.3, -0.25) is 4.79 Å². The summed E-state index contributed by atoms with van der Waals surface area (Å²) in [6, 6.07) is 16.7. The predicted octanol–water partition coefficient (Wildman–Crippen LogP) is 4.00. The molecule has 0 radical (unpaired) electrons. The average Bonchev–Trinajstić information content (AvgIpc) is 3.11. The summed E-state index contributed by atoms with van der Waals surface area (Å²) in [5.74, 6) is -0.342. The van der Waals surface area contributed by atoms with Gasteiger partial charge in [0.2, 0.25) is 0 Å². The van der Waals surface area contributed by atoms with Gasteiger partial charge in [-0.2, -0.15) is 5.26 Å². The fourth-order valence-corrected chi connectivity index (χ4v) is 4.23. The molecule has 3 aromatic rings. The van der Waals surface area contributed by atoms with E-state index in [9.17, 15) is 15.2 Å². The number of aromatic hydroxyl groups is 1. The number of hydrogen-bond donors (Lipinski definition) is 2. The third-order valence-electron chi connectivity index (χ3n) is 5.52. The number of phenolic OH excluding ortho intramolecular Hbond substituents is 1. The van der Waals surface area contributed by atoms with Gasteiger partial charge in [-0.15, -0.1) is 0 Å². The number of rotatable bonds is 2. The van der Waals surface area contributed by atoms with Crippen molar-refractivity contribution in [1.82, 2.24) is 9.88 Å². The number of H-pyrrole nitrogens is 1. The molecule has 2 N–H and O–H groups in total. The SMILES string of the molecule is N#CC1=CC(C(=O)c2ccccc2O)=CN2CCc3c([nH]c4ccccc34)C12. The molecule has 28 heavy (non-hydrogen) atoms. The zero-order valence-corrected chi connectivity index (χ0v) is 15.0. The number of para-hydroxylation sites is 2. The van der Waals surface area contributed by atoms with Crippen LogP contribution >= 0.6 is 0 Å². The number of aromatic nitrogens is 1. The van der Waals surface area contributed by atoms with Gasteiger partial charge in [0.15, 0.2) is 5.78 Å². The highest BCUT2D eigenvalue weighted by Gasteiger charge is 2.35. The van der Waals surface area contributed by atoms with Crippen molar-refractivity contribution >= 4 is 16.7 Å². The number of fused-ring (bicyclic) bond motifs is 5. The second-order valence-electron chi connectivity index (χ2n) is 7.10. The Morgan fingerprint density at radius 2 is 1.96 bits per heavy atom. The van der Waals surface area contributed by atoms with Crippen LogP contribution in [-0.4, -0.2) is 27.3 Å². The second kappa shape index (κ2) is 6.14. The normalized spacial score (nSPS) is 18.0. The number of nitrogens with zero attached hydrogens (tertiary/aromatic N) is 2. The van der Waals surface area contributed by atoms with Crippen LogP contribution < -0.4 is 0 Å². The van der Waals surface area contributed by atoms with E-state index in [0.29, 0.717) is 11.1 Å². The molecular formula is C23H17N3O2. The zero-order valence-electron chi connectivity index (χ0n) is 15.0. The number of phenols is 1. The zero-order chi connectivity index (χ0) is 19.3. The fourth-order valence-electron chi connectivity index (χ4n) is 4.23. The van der Waals surface area contributed by atoms with E-state index >= 15 is 0 Å². The van der Waals surface area contributed by atoms with E-state index in [0.717, 1.165) is 24.2 Å². The van der Waals surface area contributed by atoms with E-state index in [2.05, 4.69) is 17.1 Å². The van der Waals surface area contributed by atoms with Gasteiger partial charge < -0.3 is 15.0 Å². The maximum Gasteiger partial charge on any atom is 0.198 e. The van der Waals surface area contributed by atoms with Gasteiger partial charge in [-0.05, 0) is 36.3 Å². The molecule has 1 aromatic heterocycles. The van der Waals surface area contributed by atoms with Crippen molar-refractivity contribution in [2.75, 3.05) is 6.54 Å². The average molecular weight is 367 g/mol. The number of carbonyl (C=O) groups is 1. The number of Topliss-reactive ketones (excluding diaryl/α,β-unsaturated/α-hetero) is 1. The summed E-state index contributed by atoms with van der Waals surface area (Å²) in [6.45, 7) is 0.718. The summed E-state index contributed by atoms with van der Waals surface area (Å²) in [5.41, 5.74) is 4.49. The molecule has 0 spiro atoms. The maximum atomic E-state index is 12.9. The summed E-state index contributed by atoms with van der Waals surface area (Å²) < 4.78 is 0. The van der Waals surface area contributed by atoms with Crippen LogP contribution in [0.2, 0.25) is 0 Å². The van der Waals surface area contributed by atoms with Gasteiger partial charge in [-0.1, -0.05) is 30.3 Å². The molecule has 5 heteroatoms. The first-order valence-corrected chi connectivity index (χ1v) is 9.19. The van der Waals surface area contributed by atoms with Gasteiger partial charge in [0.25, 0.3) is 0 Å². The summed E-state index contributed by atoms with van der Waals surface area (Å²) in [4.78, 5) is 18.4. The Balaban J connectivity index is 1.59. The lowest BCUT2D eigenvalue weighted by molar-refractivity contribution is 0.103. The highest BCUT2D eigenvalue weighted by molar-refractivity contribution is 6.12. The van der Waals surface area contributed by atoms with Gasteiger partial charge in [0, 0.05) is 34.9 Å². The summed E-state index contributed by atoms with van der Waals surface area (Å²) in [5, 5.41) is 21.0. The molecule has 5 rings (SSSR count). The third-order valence-corrected chi connectivity index (χ3v) is 5.52. The number of allylic oxidation sites excluding steroid dienone is 2. The fraction of sp³-hybridized carbons (Fsp3) is 0.130. The van der Waals surface area contributed by atoms with Crippen LogP contribution in [0.4, 0.5) is 0 Å². The van der Waals surface area contributed by atoms with Crippen molar-refractivity contribution in [3.05, 3.63) is 88.8 Å². The monoisotopic (exact) mass is 367 g/mol. The Morgan fingerprint density at radius 3 is 2.79 bits per heavy atom. The van der Waals surface area contributed by atoms with Crippen LogP contribution in [0.5, 0.6) is 5.75 Å². The second-order valence-corrected chi connectivity index (χ2v) is 7.10. The molecular weight excluding hydrogens is 350 g/mol. The molecule has 2 aliphatic rings. The Hall–Kier alpha value is -3.78. The van der Waals surface area contributed by atoms with E-state index in [1.54, 1.807) is 24.3 Å². The van der Waals surface area contributed by atoms with Crippen molar-refractivity contribution in [1.29, 1.82) is 5.26 Å². The first-order chi connectivity index (χ1) is 13.7. The van der Waals surface area contributed by atoms with E-state index in [4.69, 9.17) is 0 Å². The minimum absolute atomic E-state index is 0.0565. The summed E-state index contributed by atoms with van der Waals surface area (Å²) >= 11 is 0.